The lowest BCUT2D eigenvalue weighted by molar-refractivity contribution is 0.0600. The van der Waals surface area contributed by atoms with Gasteiger partial charge in [0.25, 0.3) is 0 Å². The molecule has 7 heteroatoms. The van der Waals surface area contributed by atoms with Crippen LogP contribution in [-0.2, 0) is 21.3 Å². The largest absolute Gasteiger partial charge is 0.465 e. The Balaban J connectivity index is 1.71. The van der Waals surface area contributed by atoms with E-state index in [0.29, 0.717) is 19.6 Å². The van der Waals surface area contributed by atoms with E-state index in [4.69, 9.17) is 0 Å². The minimum Gasteiger partial charge on any atom is -0.465 e. The van der Waals surface area contributed by atoms with Crippen LogP contribution in [0.1, 0.15) is 22.3 Å². The second kappa shape index (κ2) is 8.65. The number of carbonyl (C=O) groups is 1. The first-order valence-electron chi connectivity index (χ1n) is 8.95. The molecule has 0 radical (unpaired) electrons. The molecule has 0 aromatic heterocycles. The number of rotatable bonds is 5. The van der Waals surface area contributed by atoms with Crippen molar-refractivity contribution in [2.24, 2.45) is 0 Å². The maximum atomic E-state index is 13.0. The molecule has 0 unspecified atom stereocenters. The molecular weight excluding hydrogens is 364 g/mol. The van der Waals surface area contributed by atoms with Crippen molar-refractivity contribution in [3.63, 3.8) is 0 Å². The van der Waals surface area contributed by atoms with Gasteiger partial charge in [-0.05, 0) is 36.7 Å². The Morgan fingerprint density at radius 3 is 2.52 bits per heavy atom. The maximum Gasteiger partial charge on any atom is 0.337 e. The highest BCUT2D eigenvalue weighted by Gasteiger charge is 2.27. The summed E-state index contributed by atoms with van der Waals surface area (Å²) in [6.07, 6.45) is 0.767. The zero-order chi connectivity index (χ0) is 19.3. The van der Waals surface area contributed by atoms with Crippen molar-refractivity contribution in [2.45, 2.75) is 17.9 Å². The Hall–Kier alpha value is -2.22. The molecule has 1 aliphatic heterocycles. The predicted molar refractivity (Wildman–Crippen MR) is 103 cm³/mol. The summed E-state index contributed by atoms with van der Waals surface area (Å²) in [7, 11) is -2.37. The molecule has 27 heavy (non-hydrogen) atoms. The first-order chi connectivity index (χ1) is 13.0. The van der Waals surface area contributed by atoms with E-state index in [2.05, 4.69) is 21.8 Å². The molecule has 2 aromatic rings. The molecular formula is C20H24N2O4S. The molecule has 0 atom stereocenters. The average molecular weight is 388 g/mol. The number of benzene rings is 2. The van der Waals surface area contributed by atoms with Gasteiger partial charge in [0.05, 0.1) is 17.6 Å². The lowest BCUT2D eigenvalue weighted by Crippen LogP contribution is -2.35. The Bertz CT molecular complexity index is 884. The van der Waals surface area contributed by atoms with E-state index in [1.807, 2.05) is 18.2 Å². The van der Waals surface area contributed by atoms with Crippen LogP contribution < -0.4 is 0 Å². The van der Waals surface area contributed by atoms with E-state index in [1.165, 1.54) is 29.1 Å². The molecule has 0 aliphatic carbocycles. The molecule has 2 aromatic carbocycles. The van der Waals surface area contributed by atoms with Crippen LogP contribution in [0, 0.1) is 0 Å². The second-order valence-corrected chi connectivity index (χ2v) is 8.48. The molecule has 0 saturated carbocycles. The van der Waals surface area contributed by atoms with Gasteiger partial charge >= 0.3 is 5.97 Å². The topological polar surface area (TPSA) is 66.9 Å². The number of methoxy groups -OCH3 is 1. The van der Waals surface area contributed by atoms with Crippen molar-refractivity contribution in [3.8, 4) is 0 Å². The monoisotopic (exact) mass is 388 g/mol. The standard InChI is InChI=1S/C20H24N2O4S/c1-26-20(23)18-9-5-10-19(15-18)27(24,25)22-12-6-11-21(13-14-22)16-17-7-3-2-4-8-17/h2-5,7-10,15H,6,11-14,16H2,1H3. The average Bonchev–Trinajstić information content (AvgIpc) is 2.94. The maximum absolute atomic E-state index is 13.0. The van der Waals surface area contributed by atoms with Gasteiger partial charge in [0.1, 0.15) is 0 Å². The molecule has 1 heterocycles. The number of ether oxygens (including phenoxy) is 1. The Labute approximate surface area is 160 Å². The SMILES string of the molecule is COC(=O)c1cccc(S(=O)(=O)N2CCCN(Cc3ccccc3)CC2)c1. The summed E-state index contributed by atoms with van der Waals surface area (Å²) < 4.78 is 32.2. The minimum absolute atomic E-state index is 0.127. The van der Waals surface area contributed by atoms with Gasteiger partial charge in [-0.2, -0.15) is 4.31 Å². The molecule has 0 bridgehead atoms. The summed E-state index contributed by atoms with van der Waals surface area (Å²) in [5, 5.41) is 0. The van der Waals surface area contributed by atoms with Gasteiger partial charge < -0.3 is 4.74 Å². The van der Waals surface area contributed by atoms with Crippen LogP contribution in [0.15, 0.2) is 59.5 Å². The molecule has 0 spiro atoms. The van der Waals surface area contributed by atoms with Crippen molar-refractivity contribution < 1.29 is 17.9 Å². The molecule has 1 fully saturated rings. The molecule has 1 aliphatic rings. The highest BCUT2D eigenvalue weighted by atomic mass is 32.2. The Morgan fingerprint density at radius 1 is 1.00 bits per heavy atom. The van der Waals surface area contributed by atoms with E-state index >= 15 is 0 Å². The van der Waals surface area contributed by atoms with Gasteiger partial charge in [0.2, 0.25) is 10.0 Å². The molecule has 1 saturated heterocycles. The Kier molecular flexibility index (Phi) is 6.26. The summed E-state index contributed by atoms with van der Waals surface area (Å²) in [6, 6.07) is 16.2. The van der Waals surface area contributed by atoms with Crippen molar-refractivity contribution in [1.82, 2.24) is 9.21 Å². The summed E-state index contributed by atoms with van der Waals surface area (Å²) in [4.78, 5) is 14.1. The van der Waals surface area contributed by atoms with E-state index in [1.54, 1.807) is 12.1 Å². The zero-order valence-corrected chi connectivity index (χ0v) is 16.2. The highest BCUT2D eigenvalue weighted by molar-refractivity contribution is 7.89. The van der Waals surface area contributed by atoms with Crippen LogP contribution in [0.5, 0.6) is 0 Å². The first kappa shape index (κ1) is 19.5. The van der Waals surface area contributed by atoms with Crippen molar-refractivity contribution in [1.29, 1.82) is 0 Å². The fraction of sp³-hybridized carbons (Fsp3) is 0.350. The van der Waals surface area contributed by atoms with Crippen molar-refractivity contribution in [2.75, 3.05) is 33.3 Å². The fourth-order valence-electron chi connectivity index (χ4n) is 3.24. The molecule has 144 valence electrons. The third-order valence-electron chi connectivity index (χ3n) is 4.69. The van der Waals surface area contributed by atoms with Gasteiger partial charge in [0, 0.05) is 26.2 Å². The van der Waals surface area contributed by atoms with Gasteiger partial charge in [-0.1, -0.05) is 36.4 Å². The number of nitrogens with zero attached hydrogens (tertiary/aromatic N) is 2. The van der Waals surface area contributed by atoms with Gasteiger partial charge in [-0.15, -0.1) is 0 Å². The van der Waals surface area contributed by atoms with Gasteiger partial charge in [0.15, 0.2) is 0 Å². The smallest absolute Gasteiger partial charge is 0.337 e. The van der Waals surface area contributed by atoms with Crippen LogP contribution in [0.4, 0.5) is 0 Å². The van der Waals surface area contributed by atoms with Crippen LogP contribution in [-0.4, -0.2) is 56.9 Å². The Morgan fingerprint density at radius 2 is 1.78 bits per heavy atom. The first-order valence-corrected chi connectivity index (χ1v) is 10.4. The van der Waals surface area contributed by atoms with Crippen LogP contribution in [0.2, 0.25) is 0 Å². The van der Waals surface area contributed by atoms with E-state index in [-0.39, 0.29) is 10.5 Å². The third kappa shape index (κ3) is 4.74. The lowest BCUT2D eigenvalue weighted by Gasteiger charge is -2.22. The number of sulfonamides is 1. The van der Waals surface area contributed by atoms with Gasteiger partial charge in [-0.3, -0.25) is 4.90 Å². The third-order valence-corrected chi connectivity index (χ3v) is 6.58. The summed E-state index contributed by atoms with van der Waals surface area (Å²) >= 11 is 0. The lowest BCUT2D eigenvalue weighted by atomic mass is 10.2. The normalized spacial score (nSPS) is 16.6. The molecule has 3 rings (SSSR count). The fourth-order valence-corrected chi connectivity index (χ4v) is 4.75. The van der Waals surface area contributed by atoms with Crippen molar-refractivity contribution >= 4 is 16.0 Å². The molecule has 0 amide bonds. The minimum atomic E-state index is -3.65. The second-order valence-electron chi connectivity index (χ2n) is 6.54. The van der Waals surface area contributed by atoms with Crippen molar-refractivity contribution in [3.05, 3.63) is 65.7 Å². The number of carbonyl (C=O) groups excluding carboxylic acids is 1. The highest BCUT2D eigenvalue weighted by Crippen LogP contribution is 2.20. The summed E-state index contributed by atoms with van der Waals surface area (Å²) in [5.41, 5.74) is 1.46. The summed E-state index contributed by atoms with van der Waals surface area (Å²) in [6.45, 7) is 3.23. The molecule has 6 nitrogen and oxygen atoms in total. The number of hydrogen-bond donors (Lipinski definition) is 0. The quantitative estimate of drug-likeness (QED) is 0.736. The van der Waals surface area contributed by atoms with E-state index in [9.17, 15) is 13.2 Å². The summed E-state index contributed by atoms with van der Waals surface area (Å²) in [5.74, 6) is -0.544. The van der Waals surface area contributed by atoms with Crippen LogP contribution in [0.3, 0.4) is 0 Å². The van der Waals surface area contributed by atoms with Crippen LogP contribution >= 0.6 is 0 Å². The van der Waals surface area contributed by atoms with E-state index < -0.39 is 16.0 Å². The molecule has 0 N–H and O–H groups in total. The van der Waals surface area contributed by atoms with E-state index in [0.717, 1.165) is 19.5 Å². The zero-order valence-electron chi connectivity index (χ0n) is 15.4. The van der Waals surface area contributed by atoms with Crippen LogP contribution in [0.25, 0.3) is 0 Å². The predicted octanol–water partition coefficient (Wildman–Crippen LogP) is 2.37. The van der Waals surface area contributed by atoms with Gasteiger partial charge in [-0.25, -0.2) is 13.2 Å². The number of hydrogen-bond acceptors (Lipinski definition) is 5. The number of esters is 1.